The fraction of sp³-hybridized carbons (Fsp3) is 0.500. The Morgan fingerprint density at radius 3 is 2.47 bits per heavy atom. The third-order valence-electron chi connectivity index (χ3n) is 2.88. The van der Waals surface area contributed by atoms with E-state index in [4.69, 9.17) is 4.74 Å². The van der Waals surface area contributed by atoms with E-state index in [1.807, 2.05) is 0 Å². The van der Waals surface area contributed by atoms with E-state index < -0.39 is 16.5 Å². The Kier molecular flexibility index (Phi) is 3.30. The number of carbonyl (C=O) groups is 1. The molecule has 0 amide bonds. The third kappa shape index (κ3) is 3.30. The van der Waals surface area contributed by atoms with Gasteiger partial charge in [-0.3, -0.25) is 10.1 Å². The number of nitro benzene ring substituents is 1. The number of non-ortho nitro benzene ring substituents is 1. The standard InChI is InChI=1S/C14H17NO4/c1-14(2,3)19-13(16)11-7-6-10(15(17)18)8-12(11)9-4-5-9/h6-9H,4-5H2,1-3H3. The van der Waals surface area contributed by atoms with Crippen molar-refractivity contribution >= 4 is 11.7 Å². The molecule has 0 N–H and O–H groups in total. The summed E-state index contributed by atoms with van der Waals surface area (Å²) in [5, 5.41) is 10.8. The number of benzene rings is 1. The van der Waals surface area contributed by atoms with E-state index in [0.717, 1.165) is 18.4 Å². The van der Waals surface area contributed by atoms with Gasteiger partial charge in [-0.25, -0.2) is 4.79 Å². The zero-order valence-electron chi connectivity index (χ0n) is 11.3. The summed E-state index contributed by atoms with van der Waals surface area (Å²) in [7, 11) is 0. The van der Waals surface area contributed by atoms with E-state index in [0.29, 0.717) is 5.56 Å². The molecule has 1 aromatic carbocycles. The number of rotatable bonds is 3. The largest absolute Gasteiger partial charge is 0.456 e. The van der Waals surface area contributed by atoms with Crippen LogP contribution in [-0.4, -0.2) is 16.5 Å². The van der Waals surface area contributed by atoms with Crippen molar-refractivity contribution in [1.29, 1.82) is 0 Å². The summed E-state index contributed by atoms with van der Waals surface area (Å²) >= 11 is 0. The summed E-state index contributed by atoms with van der Waals surface area (Å²) < 4.78 is 5.33. The maximum Gasteiger partial charge on any atom is 0.338 e. The summed E-state index contributed by atoms with van der Waals surface area (Å²) in [6, 6.07) is 4.35. The van der Waals surface area contributed by atoms with Gasteiger partial charge in [-0.2, -0.15) is 0 Å². The Morgan fingerprint density at radius 2 is 2.00 bits per heavy atom. The van der Waals surface area contributed by atoms with E-state index in [2.05, 4.69) is 0 Å². The normalized spacial score (nSPS) is 15.1. The van der Waals surface area contributed by atoms with Crippen LogP contribution in [0.2, 0.25) is 0 Å². The molecule has 1 aromatic rings. The van der Waals surface area contributed by atoms with Crippen LogP contribution in [0.1, 0.15) is 55.5 Å². The number of esters is 1. The Morgan fingerprint density at radius 1 is 1.37 bits per heavy atom. The lowest BCUT2D eigenvalue weighted by atomic mass is 10.0. The van der Waals surface area contributed by atoms with Crippen LogP contribution in [0, 0.1) is 10.1 Å². The van der Waals surface area contributed by atoms with Crippen molar-refractivity contribution in [3.63, 3.8) is 0 Å². The van der Waals surface area contributed by atoms with Gasteiger partial charge in [0.1, 0.15) is 5.60 Å². The molecule has 0 aromatic heterocycles. The predicted octanol–water partition coefficient (Wildman–Crippen LogP) is 3.43. The van der Waals surface area contributed by atoms with Gasteiger partial charge in [-0.15, -0.1) is 0 Å². The van der Waals surface area contributed by atoms with Gasteiger partial charge >= 0.3 is 5.97 Å². The monoisotopic (exact) mass is 263 g/mol. The highest BCUT2D eigenvalue weighted by atomic mass is 16.6. The number of nitro groups is 1. The predicted molar refractivity (Wildman–Crippen MR) is 70.2 cm³/mol. The average molecular weight is 263 g/mol. The molecule has 1 saturated carbocycles. The van der Waals surface area contributed by atoms with Crippen LogP contribution in [0.4, 0.5) is 5.69 Å². The molecule has 102 valence electrons. The summed E-state index contributed by atoms with van der Waals surface area (Å²) in [5.41, 5.74) is 0.639. The van der Waals surface area contributed by atoms with Crippen molar-refractivity contribution in [1.82, 2.24) is 0 Å². The molecular formula is C14H17NO4. The quantitative estimate of drug-likeness (QED) is 0.476. The lowest BCUT2D eigenvalue weighted by Gasteiger charge is -2.20. The number of carbonyl (C=O) groups excluding carboxylic acids is 1. The maximum absolute atomic E-state index is 12.1. The summed E-state index contributed by atoms with van der Waals surface area (Å²) in [4.78, 5) is 22.5. The van der Waals surface area contributed by atoms with Crippen molar-refractivity contribution in [3.8, 4) is 0 Å². The Balaban J connectivity index is 2.34. The van der Waals surface area contributed by atoms with Crippen LogP contribution in [0.15, 0.2) is 18.2 Å². The highest BCUT2D eigenvalue weighted by Crippen LogP contribution is 2.43. The molecule has 0 aliphatic heterocycles. The zero-order chi connectivity index (χ0) is 14.2. The fourth-order valence-electron chi connectivity index (χ4n) is 1.91. The first-order valence-corrected chi connectivity index (χ1v) is 6.29. The summed E-state index contributed by atoms with van der Waals surface area (Å²) in [5.74, 6) is -0.160. The van der Waals surface area contributed by atoms with E-state index in [9.17, 15) is 14.9 Å². The summed E-state index contributed by atoms with van der Waals surface area (Å²) in [6.07, 6.45) is 1.94. The molecular weight excluding hydrogens is 246 g/mol. The molecule has 19 heavy (non-hydrogen) atoms. The van der Waals surface area contributed by atoms with Crippen LogP contribution in [0.5, 0.6) is 0 Å². The minimum atomic E-state index is -0.570. The maximum atomic E-state index is 12.1. The second-order valence-corrected chi connectivity index (χ2v) is 5.80. The van der Waals surface area contributed by atoms with Crippen molar-refractivity contribution in [2.24, 2.45) is 0 Å². The highest BCUT2D eigenvalue weighted by molar-refractivity contribution is 5.92. The van der Waals surface area contributed by atoms with Crippen LogP contribution in [0.3, 0.4) is 0 Å². The SMILES string of the molecule is CC(C)(C)OC(=O)c1ccc([N+](=O)[O-])cc1C1CC1. The van der Waals surface area contributed by atoms with Crippen molar-refractivity contribution in [2.45, 2.75) is 45.1 Å². The average Bonchev–Trinajstić information content (AvgIpc) is 3.09. The van der Waals surface area contributed by atoms with Gasteiger partial charge < -0.3 is 4.74 Å². The molecule has 0 heterocycles. The second-order valence-electron chi connectivity index (χ2n) is 5.80. The topological polar surface area (TPSA) is 69.4 Å². The van der Waals surface area contributed by atoms with Crippen LogP contribution in [0.25, 0.3) is 0 Å². The third-order valence-corrected chi connectivity index (χ3v) is 2.88. The highest BCUT2D eigenvalue weighted by Gasteiger charge is 2.31. The zero-order valence-corrected chi connectivity index (χ0v) is 11.3. The van der Waals surface area contributed by atoms with Crippen LogP contribution < -0.4 is 0 Å². The van der Waals surface area contributed by atoms with Gasteiger partial charge in [0.05, 0.1) is 10.5 Å². The molecule has 1 fully saturated rings. The number of ether oxygens (including phenoxy) is 1. The number of hydrogen-bond donors (Lipinski definition) is 0. The lowest BCUT2D eigenvalue weighted by Crippen LogP contribution is -2.24. The van der Waals surface area contributed by atoms with Gasteiger partial charge in [0.2, 0.25) is 0 Å². The Hall–Kier alpha value is -1.91. The molecule has 0 spiro atoms. The number of nitrogens with zero attached hydrogens (tertiary/aromatic N) is 1. The first kappa shape index (κ1) is 13.5. The molecule has 0 bridgehead atoms. The Bertz CT molecular complexity index is 527. The van der Waals surface area contributed by atoms with Crippen molar-refractivity contribution in [2.75, 3.05) is 0 Å². The molecule has 1 aliphatic carbocycles. The van der Waals surface area contributed by atoms with E-state index in [1.54, 1.807) is 20.8 Å². The first-order valence-electron chi connectivity index (χ1n) is 6.29. The van der Waals surface area contributed by atoms with Gasteiger partial charge in [0, 0.05) is 12.1 Å². The molecule has 0 unspecified atom stereocenters. The molecule has 0 saturated heterocycles. The van der Waals surface area contributed by atoms with E-state index in [1.165, 1.54) is 18.2 Å². The molecule has 0 atom stereocenters. The lowest BCUT2D eigenvalue weighted by molar-refractivity contribution is -0.384. The van der Waals surface area contributed by atoms with Crippen LogP contribution in [-0.2, 0) is 4.74 Å². The second kappa shape index (κ2) is 4.64. The smallest absolute Gasteiger partial charge is 0.338 e. The van der Waals surface area contributed by atoms with Gasteiger partial charge in [0.15, 0.2) is 0 Å². The molecule has 5 heteroatoms. The van der Waals surface area contributed by atoms with Crippen molar-refractivity contribution in [3.05, 3.63) is 39.4 Å². The molecule has 2 rings (SSSR count). The van der Waals surface area contributed by atoms with Gasteiger partial charge in [-0.05, 0) is 51.2 Å². The minimum absolute atomic E-state index is 0.0224. The number of hydrogen-bond acceptors (Lipinski definition) is 4. The van der Waals surface area contributed by atoms with E-state index >= 15 is 0 Å². The van der Waals surface area contributed by atoms with Crippen molar-refractivity contribution < 1.29 is 14.5 Å². The molecule has 0 radical (unpaired) electrons. The van der Waals surface area contributed by atoms with E-state index in [-0.39, 0.29) is 11.6 Å². The Labute approximate surface area is 111 Å². The minimum Gasteiger partial charge on any atom is -0.456 e. The molecule has 1 aliphatic rings. The van der Waals surface area contributed by atoms with Crippen LogP contribution >= 0.6 is 0 Å². The van der Waals surface area contributed by atoms with Gasteiger partial charge in [0.25, 0.3) is 5.69 Å². The van der Waals surface area contributed by atoms with Gasteiger partial charge in [-0.1, -0.05) is 0 Å². The fourth-order valence-corrected chi connectivity index (χ4v) is 1.91. The molecule has 5 nitrogen and oxygen atoms in total. The summed E-state index contributed by atoms with van der Waals surface area (Å²) in [6.45, 7) is 5.40. The first-order chi connectivity index (χ1) is 8.78.